The van der Waals surface area contributed by atoms with E-state index in [2.05, 4.69) is 52.0 Å². The van der Waals surface area contributed by atoms with Crippen molar-refractivity contribution in [3.8, 4) is 0 Å². The average molecular weight is 314 g/mol. The smallest absolute Gasteiger partial charge is 0.0850 e. The molecule has 1 rings (SSSR count). The van der Waals surface area contributed by atoms with E-state index in [-0.39, 0.29) is 0 Å². The van der Waals surface area contributed by atoms with Crippen molar-refractivity contribution in [1.29, 1.82) is 0 Å². The Kier molecular flexibility index (Phi) is 6.73. The van der Waals surface area contributed by atoms with Gasteiger partial charge in [0.1, 0.15) is 0 Å². The molecule has 0 spiro atoms. The number of rotatable bonds is 7. The van der Waals surface area contributed by atoms with Crippen molar-refractivity contribution in [2.24, 2.45) is 18.4 Å². The van der Waals surface area contributed by atoms with Gasteiger partial charge in [0, 0.05) is 19.5 Å². The third kappa shape index (κ3) is 5.00. The topological polar surface area (TPSA) is 29.9 Å². The number of aryl methyl sites for hydroxylation is 2. The van der Waals surface area contributed by atoms with E-state index in [1.165, 1.54) is 0 Å². The van der Waals surface area contributed by atoms with Crippen molar-refractivity contribution >= 4 is 11.6 Å². The molecule has 4 heteroatoms. The van der Waals surface area contributed by atoms with E-state index in [9.17, 15) is 0 Å². The van der Waals surface area contributed by atoms with E-state index in [1.807, 2.05) is 11.7 Å². The van der Waals surface area contributed by atoms with Gasteiger partial charge in [0.25, 0.3) is 0 Å². The summed E-state index contributed by atoms with van der Waals surface area (Å²) >= 11 is 6.49. The van der Waals surface area contributed by atoms with Gasteiger partial charge in [0.2, 0.25) is 0 Å². The van der Waals surface area contributed by atoms with Crippen LogP contribution < -0.4 is 5.32 Å². The second kappa shape index (κ2) is 7.64. The van der Waals surface area contributed by atoms with Gasteiger partial charge in [0.05, 0.1) is 16.4 Å². The Morgan fingerprint density at radius 3 is 2.33 bits per heavy atom. The summed E-state index contributed by atoms with van der Waals surface area (Å²) in [6.45, 7) is 14.5. The third-order valence-electron chi connectivity index (χ3n) is 4.55. The Balaban J connectivity index is 2.86. The lowest BCUT2D eigenvalue weighted by atomic mass is 9.78. The summed E-state index contributed by atoms with van der Waals surface area (Å²) in [6.07, 6.45) is 2.98. The molecule has 21 heavy (non-hydrogen) atoms. The van der Waals surface area contributed by atoms with Crippen molar-refractivity contribution in [3.05, 3.63) is 16.4 Å². The predicted molar refractivity (Wildman–Crippen MR) is 92.0 cm³/mol. The highest BCUT2D eigenvalue weighted by atomic mass is 35.5. The zero-order valence-corrected chi connectivity index (χ0v) is 15.5. The van der Waals surface area contributed by atoms with Gasteiger partial charge in [-0.15, -0.1) is 0 Å². The maximum atomic E-state index is 6.49. The highest BCUT2D eigenvalue weighted by molar-refractivity contribution is 6.31. The molecule has 0 bridgehead atoms. The molecular formula is C17H32ClN3. The van der Waals surface area contributed by atoms with E-state index in [0.717, 1.165) is 42.2 Å². The molecule has 1 aromatic heterocycles. The molecule has 0 fully saturated rings. The molecule has 1 heterocycles. The van der Waals surface area contributed by atoms with Crippen molar-refractivity contribution in [2.45, 2.75) is 66.8 Å². The first-order valence-corrected chi connectivity index (χ1v) is 8.52. The van der Waals surface area contributed by atoms with Crippen LogP contribution in [0.15, 0.2) is 0 Å². The fourth-order valence-corrected chi connectivity index (χ4v) is 2.95. The minimum Gasteiger partial charge on any atom is -0.314 e. The van der Waals surface area contributed by atoms with Crippen molar-refractivity contribution in [2.75, 3.05) is 6.54 Å². The summed E-state index contributed by atoms with van der Waals surface area (Å²) in [6, 6.07) is 0.446. The summed E-state index contributed by atoms with van der Waals surface area (Å²) < 4.78 is 1.95. The van der Waals surface area contributed by atoms with Crippen LogP contribution in [0.5, 0.6) is 0 Å². The van der Waals surface area contributed by atoms with Gasteiger partial charge in [0.15, 0.2) is 0 Å². The molecule has 2 atom stereocenters. The maximum Gasteiger partial charge on any atom is 0.0850 e. The summed E-state index contributed by atoms with van der Waals surface area (Å²) in [5.41, 5.74) is 2.49. The van der Waals surface area contributed by atoms with Crippen molar-refractivity contribution in [3.63, 3.8) is 0 Å². The fourth-order valence-electron chi connectivity index (χ4n) is 2.58. The molecule has 0 saturated carbocycles. The lowest BCUT2D eigenvalue weighted by Crippen LogP contribution is -2.35. The van der Waals surface area contributed by atoms with E-state index < -0.39 is 0 Å². The number of likely N-dealkylation sites (N-methyl/N-ethyl adjacent to an activating group) is 1. The van der Waals surface area contributed by atoms with Crippen LogP contribution in [0, 0.1) is 11.3 Å². The summed E-state index contributed by atoms with van der Waals surface area (Å²) in [5.74, 6) is 0.652. The molecule has 0 aliphatic carbocycles. The predicted octanol–water partition coefficient (Wildman–Crippen LogP) is 4.23. The van der Waals surface area contributed by atoms with E-state index in [4.69, 9.17) is 11.6 Å². The molecule has 0 aromatic carbocycles. The molecule has 0 amide bonds. The summed E-state index contributed by atoms with van der Waals surface area (Å²) in [4.78, 5) is 0. The summed E-state index contributed by atoms with van der Waals surface area (Å²) in [5, 5.41) is 9.00. The standard InChI is InChI=1S/C17H32ClN3/c1-8-14-16(18)15(21(7)20-14)11-13(19-9-2)10-12(3)17(4,5)6/h12-13,19H,8-11H2,1-7H3. The normalized spacial score (nSPS) is 15.2. The molecule has 0 radical (unpaired) electrons. The van der Waals surface area contributed by atoms with Gasteiger partial charge in [-0.25, -0.2) is 0 Å². The Morgan fingerprint density at radius 1 is 1.29 bits per heavy atom. The first-order valence-electron chi connectivity index (χ1n) is 8.14. The maximum absolute atomic E-state index is 6.49. The van der Waals surface area contributed by atoms with Crippen LogP contribution in [-0.2, 0) is 19.9 Å². The summed E-state index contributed by atoms with van der Waals surface area (Å²) in [7, 11) is 2.00. The molecule has 122 valence electrons. The number of nitrogens with zero attached hydrogens (tertiary/aromatic N) is 2. The molecule has 0 aliphatic heterocycles. The second-order valence-electron chi connectivity index (χ2n) is 7.15. The third-order valence-corrected chi connectivity index (χ3v) is 4.99. The van der Waals surface area contributed by atoms with E-state index in [0.29, 0.717) is 17.4 Å². The Hall–Kier alpha value is -0.540. The van der Waals surface area contributed by atoms with Gasteiger partial charge < -0.3 is 5.32 Å². The lowest BCUT2D eigenvalue weighted by Gasteiger charge is -2.31. The van der Waals surface area contributed by atoms with Gasteiger partial charge in [-0.2, -0.15) is 5.10 Å². The van der Waals surface area contributed by atoms with Crippen LogP contribution in [0.4, 0.5) is 0 Å². The zero-order valence-electron chi connectivity index (χ0n) is 14.8. The second-order valence-corrected chi connectivity index (χ2v) is 7.52. The number of hydrogen-bond acceptors (Lipinski definition) is 2. The van der Waals surface area contributed by atoms with Gasteiger partial charge in [-0.1, -0.05) is 53.1 Å². The van der Waals surface area contributed by atoms with E-state index >= 15 is 0 Å². The molecular weight excluding hydrogens is 282 g/mol. The Labute approximate surface area is 135 Å². The number of aromatic nitrogens is 2. The highest BCUT2D eigenvalue weighted by Gasteiger charge is 2.25. The first-order chi connectivity index (χ1) is 9.70. The van der Waals surface area contributed by atoms with Crippen molar-refractivity contribution < 1.29 is 0 Å². The average Bonchev–Trinajstić information content (AvgIpc) is 2.65. The molecule has 1 aromatic rings. The molecule has 2 unspecified atom stereocenters. The number of hydrogen-bond donors (Lipinski definition) is 1. The molecule has 3 nitrogen and oxygen atoms in total. The van der Waals surface area contributed by atoms with Gasteiger partial charge >= 0.3 is 0 Å². The monoisotopic (exact) mass is 313 g/mol. The molecule has 1 N–H and O–H groups in total. The van der Waals surface area contributed by atoms with Crippen LogP contribution in [0.2, 0.25) is 5.02 Å². The molecule has 0 saturated heterocycles. The zero-order chi connectivity index (χ0) is 16.2. The Bertz CT molecular complexity index is 446. The SMILES string of the molecule is CCNC(Cc1c(Cl)c(CC)nn1C)CC(C)C(C)(C)C. The fraction of sp³-hybridized carbons (Fsp3) is 0.824. The van der Waals surface area contributed by atoms with E-state index in [1.54, 1.807) is 0 Å². The van der Waals surface area contributed by atoms with Crippen LogP contribution >= 0.6 is 11.6 Å². The van der Waals surface area contributed by atoms with Gasteiger partial charge in [-0.05, 0) is 30.7 Å². The molecule has 0 aliphatic rings. The quantitative estimate of drug-likeness (QED) is 0.816. The number of halogens is 1. The van der Waals surface area contributed by atoms with Crippen LogP contribution in [0.3, 0.4) is 0 Å². The minimum atomic E-state index is 0.332. The largest absolute Gasteiger partial charge is 0.314 e. The van der Waals surface area contributed by atoms with Gasteiger partial charge in [-0.3, -0.25) is 4.68 Å². The minimum absolute atomic E-state index is 0.332. The Morgan fingerprint density at radius 2 is 1.90 bits per heavy atom. The highest BCUT2D eigenvalue weighted by Crippen LogP contribution is 2.30. The van der Waals surface area contributed by atoms with Crippen LogP contribution in [-0.4, -0.2) is 22.4 Å². The number of nitrogens with one attached hydrogen (secondary N) is 1. The van der Waals surface area contributed by atoms with Crippen LogP contribution in [0.1, 0.15) is 59.4 Å². The lowest BCUT2D eigenvalue weighted by molar-refractivity contribution is 0.222. The van der Waals surface area contributed by atoms with Crippen molar-refractivity contribution in [1.82, 2.24) is 15.1 Å². The van der Waals surface area contributed by atoms with Crippen LogP contribution in [0.25, 0.3) is 0 Å². The first kappa shape index (κ1) is 18.5.